The lowest BCUT2D eigenvalue weighted by Gasteiger charge is -2.11. The molecule has 0 aliphatic rings. The zero-order chi connectivity index (χ0) is 22.6. The third-order valence-corrected chi connectivity index (χ3v) is 5.71. The molecule has 0 aliphatic heterocycles. The number of nitrogens with one attached hydrogen (secondary N) is 2. The molecule has 0 amide bonds. The molecule has 1 rings (SSSR count). The van der Waals surface area contributed by atoms with Crippen LogP contribution in [0.4, 0.5) is 0 Å². The van der Waals surface area contributed by atoms with Crippen molar-refractivity contribution in [2.45, 2.75) is 96.9 Å². The molecule has 0 bridgehead atoms. The molecule has 0 saturated heterocycles. The van der Waals surface area contributed by atoms with Gasteiger partial charge in [-0.25, -0.2) is 0 Å². The zero-order valence-corrected chi connectivity index (χ0v) is 20.6. The summed E-state index contributed by atoms with van der Waals surface area (Å²) in [6.45, 7) is 3.78. The number of phenolic OH excluding ortho intramolecular Hbond substituents is 1. The van der Waals surface area contributed by atoms with E-state index in [1.807, 2.05) is 12.1 Å². The SMILES string of the molecule is CCCCCCCC/C=C/CCCCCCCNC(=S)NCc1ccc(O)c(OC)c1. The van der Waals surface area contributed by atoms with Gasteiger partial charge in [0.15, 0.2) is 16.6 Å². The van der Waals surface area contributed by atoms with Gasteiger partial charge in [0.2, 0.25) is 0 Å². The Hall–Kier alpha value is -1.75. The Morgan fingerprint density at radius 2 is 1.52 bits per heavy atom. The summed E-state index contributed by atoms with van der Waals surface area (Å²) in [7, 11) is 1.55. The first-order valence-electron chi connectivity index (χ1n) is 12.2. The van der Waals surface area contributed by atoms with Crippen molar-refractivity contribution in [1.29, 1.82) is 0 Å². The van der Waals surface area contributed by atoms with Crippen LogP contribution < -0.4 is 15.4 Å². The van der Waals surface area contributed by atoms with Crippen LogP contribution in [0.2, 0.25) is 0 Å². The molecule has 1 aromatic rings. The molecular weight excluding hydrogens is 404 g/mol. The van der Waals surface area contributed by atoms with Crippen molar-refractivity contribution in [3.8, 4) is 11.5 Å². The van der Waals surface area contributed by atoms with Crippen LogP contribution in [-0.4, -0.2) is 23.9 Å². The van der Waals surface area contributed by atoms with Crippen molar-refractivity contribution in [3.63, 3.8) is 0 Å². The van der Waals surface area contributed by atoms with E-state index in [1.54, 1.807) is 13.2 Å². The van der Waals surface area contributed by atoms with Gasteiger partial charge in [0.1, 0.15) is 0 Å². The number of hydrogen-bond acceptors (Lipinski definition) is 3. The van der Waals surface area contributed by atoms with E-state index in [1.165, 1.54) is 77.0 Å². The van der Waals surface area contributed by atoms with Gasteiger partial charge in [0.05, 0.1) is 7.11 Å². The summed E-state index contributed by atoms with van der Waals surface area (Å²) in [4.78, 5) is 0. The van der Waals surface area contributed by atoms with Crippen molar-refractivity contribution in [3.05, 3.63) is 35.9 Å². The van der Waals surface area contributed by atoms with Crippen LogP contribution in [0, 0.1) is 0 Å². The van der Waals surface area contributed by atoms with Gasteiger partial charge in [-0.15, -0.1) is 0 Å². The van der Waals surface area contributed by atoms with Crippen LogP contribution in [0.1, 0.15) is 96.0 Å². The number of allylic oxidation sites excluding steroid dienone is 2. The largest absolute Gasteiger partial charge is 0.504 e. The highest BCUT2D eigenvalue weighted by atomic mass is 32.1. The van der Waals surface area contributed by atoms with Gasteiger partial charge in [-0.05, 0) is 62.0 Å². The fraction of sp³-hybridized carbons (Fsp3) is 0.654. The number of methoxy groups -OCH3 is 1. The van der Waals surface area contributed by atoms with E-state index in [0.717, 1.165) is 18.5 Å². The third kappa shape index (κ3) is 14.8. The van der Waals surface area contributed by atoms with E-state index >= 15 is 0 Å². The number of rotatable bonds is 18. The third-order valence-electron chi connectivity index (χ3n) is 5.42. The quantitative estimate of drug-likeness (QED) is 0.128. The number of thiocarbonyl (C=S) groups is 1. The van der Waals surface area contributed by atoms with Gasteiger partial charge >= 0.3 is 0 Å². The molecular formula is C26H44N2O2S. The molecule has 0 atom stereocenters. The van der Waals surface area contributed by atoms with Gasteiger partial charge < -0.3 is 20.5 Å². The van der Waals surface area contributed by atoms with Gasteiger partial charge in [-0.2, -0.15) is 0 Å². The Labute approximate surface area is 195 Å². The average molecular weight is 449 g/mol. The zero-order valence-electron chi connectivity index (χ0n) is 19.8. The molecule has 0 saturated carbocycles. The Morgan fingerprint density at radius 1 is 0.903 bits per heavy atom. The second-order valence-electron chi connectivity index (χ2n) is 8.20. The molecule has 0 fully saturated rings. The van der Waals surface area contributed by atoms with Crippen molar-refractivity contribution in [2.24, 2.45) is 0 Å². The summed E-state index contributed by atoms with van der Waals surface area (Å²) in [5, 5.41) is 16.8. The van der Waals surface area contributed by atoms with Crippen molar-refractivity contribution in [2.75, 3.05) is 13.7 Å². The maximum Gasteiger partial charge on any atom is 0.166 e. The second-order valence-corrected chi connectivity index (χ2v) is 8.61. The lowest BCUT2D eigenvalue weighted by Crippen LogP contribution is -2.35. The first-order chi connectivity index (χ1) is 15.2. The van der Waals surface area contributed by atoms with Crippen LogP contribution in [-0.2, 0) is 6.54 Å². The lowest BCUT2D eigenvalue weighted by atomic mass is 10.1. The van der Waals surface area contributed by atoms with Crippen molar-refractivity contribution < 1.29 is 9.84 Å². The summed E-state index contributed by atoms with van der Waals surface area (Å²) in [6, 6.07) is 5.31. The standard InChI is InChI=1S/C26H44N2O2S/c1-3-4-5-6-7-8-9-10-11-12-13-14-15-16-17-20-27-26(31)28-22-23-18-19-24(29)25(21-23)30-2/h10-11,18-19,21,29H,3-9,12-17,20,22H2,1-2H3,(H2,27,28,31)/b11-10+. The predicted molar refractivity (Wildman–Crippen MR) is 137 cm³/mol. The van der Waals surface area contributed by atoms with E-state index in [2.05, 4.69) is 29.7 Å². The van der Waals surface area contributed by atoms with Gasteiger partial charge in [-0.3, -0.25) is 0 Å². The van der Waals surface area contributed by atoms with Crippen LogP contribution in [0.15, 0.2) is 30.4 Å². The van der Waals surface area contributed by atoms with Gasteiger partial charge in [-0.1, -0.05) is 76.5 Å². The normalized spacial score (nSPS) is 11.0. The Kier molecular flexibility index (Phi) is 16.7. The molecule has 0 aliphatic carbocycles. The number of aromatic hydroxyl groups is 1. The van der Waals surface area contributed by atoms with Crippen LogP contribution in [0.3, 0.4) is 0 Å². The lowest BCUT2D eigenvalue weighted by molar-refractivity contribution is 0.373. The number of phenols is 1. The summed E-state index contributed by atoms with van der Waals surface area (Å²) in [6.07, 6.45) is 21.8. The molecule has 0 aromatic heterocycles. The van der Waals surface area contributed by atoms with Crippen LogP contribution in [0.5, 0.6) is 11.5 Å². The predicted octanol–water partition coefficient (Wildman–Crippen LogP) is 7.01. The van der Waals surface area contributed by atoms with E-state index in [0.29, 0.717) is 17.4 Å². The number of benzene rings is 1. The minimum atomic E-state index is 0.149. The minimum absolute atomic E-state index is 0.149. The second kappa shape index (κ2) is 19.0. The van der Waals surface area contributed by atoms with E-state index in [4.69, 9.17) is 17.0 Å². The Bertz CT molecular complexity index is 619. The fourth-order valence-corrected chi connectivity index (χ4v) is 3.65. The number of hydrogen-bond donors (Lipinski definition) is 3. The van der Waals surface area contributed by atoms with Gasteiger partial charge in [0, 0.05) is 13.1 Å². The first kappa shape index (κ1) is 27.3. The van der Waals surface area contributed by atoms with Crippen LogP contribution >= 0.6 is 12.2 Å². The maximum absolute atomic E-state index is 9.63. The molecule has 0 unspecified atom stereocenters. The molecule has 176 valence electrons. The maximum atomic E-state index is 9.63. The van der Waals surface area contributed by atoms with Gasteiger partial charge in [0.25, 0.3) is 0 Å². The highest BCUT2D eigenvalue weighted by Crippen LogP contribution is 2.26. The molecule has 0 radical (unpaired) electrons. The summed E-state index contributed by atoms with van der Waals surface area (Å²) in [5.41, 5.74) is 1.01. The minimum Gasteiger partial charge on any atom is -0.504 e. The molecule has 5 heteroatoms. The van der Waals surface area contributed by atoms with Crippen molar-refractivity contribution >= 4 is 17.3 Å². The Morgan fingerprint density at radius 3 is 2.16 bits per heavy atom. The van der Waals surface area contributed by atoms with E-state index in [-0.39, 0.29) is 5.75 Å². The number of unbranched alkanes of at least 4 members (excludes halogenated alkanes) is 11. The monoisotopic (exact) mass is 448 g/mol. The first-order valence-corrected chi connectivity index (χ1v) is 12.6. The fourth-order valence-electron chi connectivity index (χ4n) is 3.47. The van der Waals surface area contributed by atoms with Crippen LogP contribution in [0.25, 0.3) is 0 Å². The molecule has 0 heterocycles. The van der Waals surface area contributed by atoms with Crippen molar-refractivity contribution in [1.82, 2.24) is 10.6 Å². The topological polar surface area (TPSA) is 53.5 Å². The molecule has 1 aromatic carbocycles. The average Bonchev–Trinajstić information content (AvgIpc) is 2.78. The van der Waals surface area contributed by atoms with E-state index < -0.39 is 0 Å². The summed E-state index contributed by atoms with van der Waals surface area (Å²) < 4.78 is 5.13. The molecule has 31 heavy (non-hydrogen) atoms. The highest BCUT2D eigenvalue weighted by molar-refractivity contribution is 7.80. The number of ether oxygens (including phenoxy) is 1. The Balaban J connectivity index is 1.90. The summed E-state index contributed by atoms with van der Waals surface area (Å²) >= 11 is 5.33. The molecule has 3 N–H and O–H groups in total. The van der Waals surface area contributed by atoms with E-state index in [9.17, 15) is 5.11 Å². The smallest absolute Gasteiger partial charge is 0.166 e. The summed E-state index contributed by atoms with van der Waals surface area (Å²) in [5.74, 6) is 0.627. The highest BCUT2D eigenvalue weighted by Gasteiger charge is 2.03. The molecule has 0 spiro atoms. The molecule has 4 nitrogen and oxygen atoms in total.